The van der Waals surface area contributed by atoms with Crippen molar-refractivity contribution < 1.29 is 14.4 Å². The first-order chi connectivity index (χ1) is 6.20. The van der Waals surface area contributed by atoms with Crippen molar-refractivity contribution in [2.45, 2.75) is 33.3 Å². The van der Waals surface area contributed by atoms with Crippen LogP contribution < -0.4 is 0 Å². The van der Waals surface area contributed by atoms with Gasteiger partial charge in [0.25, 0.3) is 0 Å². The van der Waals surface area contributed by atoms with E-state index in [0.717, 1.165) is 12.1 Å². The number of carbonyl (C=O) groups excluding carboxylic acids is 1. The maximum absolute atomic E-state index is 11.4. The highest BCUT2D eigenvalue weighted by atomic mass is 16.6. The lowest BCUT2D eigenvalue weighted by Crippen LogP contribution is -2.30. The maximum Gasteiger partial charge on any atom is 0.318 e. The predicted molar refractivity (Wildman–Crippen MR) is 48.4 cm³/mol. The molecule has 0 amide bonds. The molecule has 74 valence electrons. The van der Waals surface area contributed by atoms with E-state index in [1.807, 2.05) is 13.8 Å². The van der Waals surface area contributed by atoms with Gasteiger partial charge in [0.05, 0.1) is 12.3 Å². The Balaban J connectivity index is 2.65. The van der Waals surface area contributed by atoms with Crippen molar-refractivity contribution in [3.63, 3.8) is 0 Å². The highest BCUT2D eigenvalue weighted by Crippen LogP contribution is 2.21. The smallest absolute Gasteiger partial charge is 0.318 e. The molecule has 0 bridgehead atoms. The number of ether oxygens (including phenoxy) is 1. The van der Waals surface area contributed by atoms with Crippen molar-refractivity contribution >= 4 is 11.7 Å². The largest absolute Gasteiger partial charge is 0.465 e. The first-order valence-electron chi connectivity index (χ1n) is 4.59. The molecule has 0 aromatic rings. The van der Waals surface area contributed by atoms with Crippen LogP contribution in [0.25, 0.3) is 0 Å². The van der Waals surface area contributed by atoms with Gasteiger partial charge in [0.15, 0.2) is 0 Å². The lowest BCUT2D eigenvalue weighted by atomic mass is 9.97. The van der Waals surface area contributed by atoms with E-state index in [-0.39, 0.29) is 18.0 Å². The number of esters is 1. The number of carbonyl (C=O) groups is 1. The van der Waals surface area contributed by atoms with E-state index in [0.29, 0.717) is 6.61 Å². The topological polar surface area (TPSA) is 47.9 Å². The van der Waals surface area contributed by atoms with E-state index >= 15 is 0 Å². The van der Waals surface area contributed by atoms with E-state index in [1.54, 1.807) is 6.92 Å². The van der Waals surface area contributed by atoms with Gasteiger partial charge in [-0.2, -0.15) is 0 Å². The summed E-state index contributed by atoms with van der Waals surface area (Å²) in [6.45, 7) is 5.97. The maximum atomic E-state index is 11.4. The summed E-state index contributed by atoms with van der Waals surface area (Å²) in [6.07, 6.45) is 0.544. The van der Waals surface area contributed by atoms with Gasteiger partial charge in [-0.15, -0.1) is 0 Å². The molecule has 0 N–H and O–H groups in total. The van der Waals surface area contributed by atoms with Crippen molar-refractivity contribution in [2.24, 2.45) is 11.1 Å². The molecule has 4 heteroatoms. The summed E-state index contributed by atoms with van der Waals surface area (Å²) in [4.78, 5) is 16.5. The Morgan fingerprint density at radius 1 is 1.62 bits per heavy atom. The summed E-state index contributed by atoms with van der Waals surface area (Å²) in [6, 6.07) is 0. The normalized spacial score (nSPS) is 26.5. The van der Waals surface area contributed by atoms with E-state index in [2.05, 4.69) is 5.16 Å². The Morgan fingerprint density at radius 2 is 2.31 bits per heavy atom. The molecule has 13 heavy (non-hydrogen) atoms. The molecular formula is C9H15NO3. The fourth-order valence-electron chi connectivity index (χ4n) is 1.38. The fraction of sp³-hybridized carbons (Fsp3) is 0.778. The van der Waals surface area contributed by atoms with Crippen molar-refractivity contribution in [3.8, 4) is 0 Å². The van der Waals surface area contributed by atoms with E-state index < -0.39 is 0 Å². The average molecular weight is 185 g/mol. The Kier molecular flexibility index (Phi) is 3.28. The van der Waals surface area contributed by atoms with Crippen molar-refractivity contribution in [1.29, 1.82) is 0 Å². The standard InChI is InChI=1S/C9H15NO3/c1-4-7-8(6(3)13-10-7)9(11)12-5-2/h6,8H,4-5H2,1-3H3/t6-,8-/m1/s1. The third kappa shape index (κ3) is 1.99. The zero-order valence-electron chi connectivity index (χ0n) is 8.24. The van der Waals surface area contributed by atoms with Gasteiger partial charge in [-0.3, -0.25) is 4.79 Å². The van der Waals surface area contributed by atoms with Gasteiger partial charge in [-0.25, -0.2) is 0 Å². The second kappa shape index (κ2) is 4.25. The van der Waals surface area contributed by atoms with E-state index in [4.69, 9.17) is 9.57 Å². The monoisotopic (exact) mass is 185 g/mol. The zero-order chi connectivity index (χ0) is 9.84. The molecule has 0 unspecified atom stereocenters. The Bertz CT molecular complexity index is 225. The van der Waals surface area contributed by atoms with Gasteiger partial charge < -0.3 is 9.57 Å². The third-order valence-corrected chi connectivity index (χ3v) is 2.07. The summed E-state index contributed by atoms with van der Waals surface area (Å²) in [5.41, 5.74) is 0.783. The van der Waals surface area contributed by atoms with Gasteiger partial charge in [0.1, 0.15) is 12.0 Å². The Morgan fingerprint density at radius 3 is 2.85 bits per heavy atom. The van der Waals surface area contributed by atoms with Crippen LogP contribution in [0.2, 0.25) is 0 Å². The molecule has 0 saturated heterocycles. The summed E-state index contributed by atoms with van der Waals surface area (Å²) in [5.74, 6) is -0.530. The molecule has 0 aliphatic carbocycles. The predicted octanol–water partition coefficient (Wildman–Crippen LogP) is 1.35. The first-order valence-corrected chi connectivity index (χ1v) is 4.59. The molecule has 0 aromatic heterocycles. The summed E-state index contributed by atoms with van der Waals surface area (Å²) >= 11 is 0. The van der Waals surface area contributed by atoms with E-state index in [1.165, 1.54) is 0 Å². The van der Waals surface area contributed by atoms with Crippen LogP contribution >= 0.6 is 0 Å². The Hall–Kier alpha value is -1.06. The van der Waals surface area contributed by atoms with E-state index in [9.17, 15) is 4.79 Å². The van der Waals surface area contributed by atoms with Crippen LogP contribution in [-0.4, -0.2) is 24.4 Å². The van der Waals surface area contributed by atoms with Crippen LogP contribution in [0.1, 0.15) is 27.2 Å². The minimum absolute atomic E-state index is 0.186. The minimum atomic E-state index is -0.301. The van der Waals surface area contributed by atoms with Crippen molar-refractivity contribution in [1.82, 2.24) is 0 Å². The second-order valence-electron chi connectivity index (χ2n) is 2.98. The van der Waals surface area contributed by atoms with Crippen LogP contribution in [0.15, 0.2) is 5.16 Å². The summed E-state index contributed by atoms with van der Waals surface area (Å²) in [5, 5.41) is 3.84. The number of nitrogens with zero attached hydrogens (tertiary/aromatic N) is 1. The van der Waals surface area contributed by atoms with Crippen molar-refractivity contribution in [3.05, 3.63) is 0 Å². The number of hydrogen-bond donors (Lipinski definition) is 0. The van der Waals surface area contributed by atoms with Crippen LogP contribution in [0, 0.1) is 5.92 Å². The molecular weight excluding hydrogens is 170 g/mol. The zero-order valence-corrected chi connectivity index (χ0v) is 8.24. The number of rotatable bonds is 3. The molecule has 1 aliphatic heterocycles. The fourth-order valence-corrected chi connectivity index (χ4v) is 1.38. The molecule has 0 saturated carbocycles. The van der Waals surface area contributed by atoms with Crippen LogP contribution in [0.5, 0.6) is 0 Å². The van der Waals surface area contributed by atoms with Gasteiger partial charge >= 0.3 is 5.97 Å². The summed E-state index contributed by atoms with van der Waals surface area (Å²) in [7, 11) is 0. The van der Waals surface area contributed by atoms with Gasteiger partial charge in [-0.1, -0.05) is 12.1 Å². The first kappa shape index (κ1) is 10.0. The highest BCUT2D eigenvalue weighted by Gasteiger charge is 2.36. The number of oxime groups is 1. The number of hydrogen-bond acceptors (Lipinski definition) is 4. The highest BCUT2D eigenvalue weighted by molar-refractivity contribution is 6.03. The van der Waals surface area contributed by atoms with Crippen LogP contribution in [0.4, 0.5) is 0 Å². The molecule has 1 heterocycles. The Labute approximate surface area is 77.9 Å². The lowest BCUT2D eigenvalue weighted by Gasteiger charge is -2.12. The quantitative estimate of drug-likeness (QED) is 0.623. The third-order valence-electron chi connectivity index (χ3n) is 2.07. The van der Waals surface area contributed by atoms with Gasteiger partial charge in [0, 0.05) is 0 Å². The molecule has 0 spiro atoms. The molecule has 0 radical (unpaired) electrons. The van der Waals surface area contributed by atoms with Gasteiger partial charge in [-0.05, 0) is 20.3 Å². The second-order valence-corrected chi connectivity index (χ2v) is 2.98. The van der Waals surface area contributed by atoms with Crippen LogP contribution in [-0.2, 0) is 14.4 Å². The van der Waals surface area contributed by atoms with Crippen LogP contribution in [0.3, 0.4) is 0 Å². The summed E-state index contributed by atoms with van der Waals surface area (Å²) < 4.78 is 4.93. The van der Waals surface area contributed by atoms with Crippen molar-refractivity contribution in [2.75, 3.05) is 6.61 Å². The SMILES string of the molecule is CCOC(=O)[C@H]1C(CC)=NO[C@@H]1C. The molecule has 4 nitrogen and oxygen atoms in total. The molecule has 0 aromatic carbocycles. The average Bonchev–Trinajstić information content (AvgIpc) is 2.47. The molecule has 0 fully saturated rings. The molecule has 1 aliphatic rings. The minimum Gasteiger partial charge on any atom is -0.465 e. The lowest BCUT2D eigenvalue weighted by molar-refractivity contribution is -0.148. The molecule has 2 atom stereocenters. The van der Waals surface area contributed by atoms with Gasteiger partial charge in [0.2, 0.25) is 0 Å². The molecule has 1 rings (SSSR count).